The lowest BCUT2D eigenvalue weighted by molar-refractivity contribution is -0.118. The number of nitrogens with zero attached hydrogens (tertiary/aromatic N) is 3. The van der Waals surface area contributed by atoms with E-state index in [-0.39, 0.29) is 22.6 Å². The van der Waals surface area contributed by atoms with Crippen molar-refractivity contribution in [3.8, 4) is 0 Å². The van der Waals surface area contributed by atoms with Gasteiger partial charge in [0.15, 0.2) is 5.16 Å². The number of thioether (sulfide) groups is 1. The Kier molecular flexibility index (Phi) is 8.73. The van der Waals surface area contributed by atoms with Gasteiger partial charge in [0.25, 0.3) is 5.56 Å². The molecule has 33 heavy (non-hydrogen) atoms. The zero-order chi connectivity index (χ0) is 24.0. The largest absolute Gasteiger partial charge is 0.379 e. The lowest BCUT2D eigenvalue weighted by atomic mass is 9.86. The fourth-order valence-electron chi connectivity index (χ4n) is 3.75. The topological polar surface area (TPSA) is 76.5 Å². The number of morpholine rings is 1. The average molecular weight is 473 g/mol. The van der Waals surface area contributed by atoms with Crippen molar-refractivity contribution in [2.75, 3.05) is 45.1 Å². The highest BCUT2D eigenvalue weighted by Gasteiger charge is 2.16. The van der Waals surface area contributed by atoms with Gasteiger partial charge in [0.1, 0.15) is 0 Å². The second kappa shape index (κ2) is 11.3. The predicted molar refractivity (Wildman–Crippen MR) is 133 cm³/mol. The van der Waals surface area contributed by atoms with Crippen LogP contribution in [0.2, 0.25) is 0 Å². The Balaban J connectivity index is 1.57. The molecule has 1 aliphatic rings. The van der Waals surface area contributed by atoms with Gasteiger partial charge in [-0.15, -0.1) is 0 Å². The third-order valence-electron chi connectivity index (χ3n) is 5.94. The summed E-state index contributed by atoms with van der Waals surface area (Å²) in [5.74, 6) is 0.180. The molecule has 3 rings (SSSR count). The van der Waals surface area contributed by atoms with Crippen LogP contribution in [0.3, 0.4) is 0 Å². The summed E-state index contributed by atoms with van der Waals surface area (Å²) < 4.78 is 6.89. The number of benzene rings is 1. The van der Waals surface area contributed by atoms with Crippen LogP contribution in [0, 0.1) is 6.92 Å². The molecule has 0 unspecified atom stereocenters. The summed E-state index contributed by atoms with van der Waals surface area (Å²) in [5.41, 5.74) is 3.81. The number of aryl methyl sites for hydroxylation is 1. The Morgan fingerprint density at radius 1 is 1.18 bits per heavy atom. The van der Waals surface area contributed by atoms with E-state index in [9.17, 15) is 9.59 Å². The van der Waals surface area contributed by atoms with Gasteiger partial charge in [0.2, 0.25) is 5.91 Å². The Labute approximate surface area is 200 Å². The fourth-order valence-corrected chi connectivity index (χ4v) is 4.59. The van der Waals surface area contributed by atoms with Gasteiger partial charge in [0.05, 0.1) is 19.0 Å². The van der Waals surface area contributed by atoms with Crippen molar-refractivity contribution in [2.45, 2.75) is 44.7 Å². The summed E-state index contributed by atoms with van der Waals surface area (Å²) in [6, 6.07) is 8.43. The van der Waals surface area contributed by atoms with E-state index in [0.29, 0.717) is 29.4 Å². The molecule has 1 saturated heterocycles. The summed E-state index contributed by atoms with van der Waals surface area (Å²) in [6.45, 7) is 13.2. The van der Waals surface area contributed by atoms with Gasteiger partial charge < -0.3 is 10.1 Å². The van der Waals surface area contributed by atoms with Crippen LogP contribution < -0.4 is 10.9 Å². The van der Waals surface area contributed by atoms with Crippen LogP contribution >= 0.6 is 11.8 Å². The second-order valence-corrected chi connectivity index (χ2v) is 10.5. The number of nitrogens with one attached hydrogen (secondary N) is 1. The third kappa shape index (κ3) is 7.16. The first kappa shape index (κ1) is 25.5. The van der Waals surface area contributed by atoms with Gasteiger partial charge in [0, 0.05) is 50.9 Å². The second-order valence-electron chi connectivity index (χ2n) is 9.54. The van der Waals surface area contributed by atoms with E-state index in [1.807, 2.05) is 6.92 Å². The van der Waals surface area contributed by atoms with Crippen LogP contribution in [0.15, 0.2) is 34.2 Å². The van der Waals surface area contributed by atoms with Crippen LogP contribution in [0.25, 0.3) is 0 Å². The molecule has 2 heterocycles. The molecule has 1 aromatic heterocycles. The molecular formula is C25H36N4O3S. The standard InChI is InChI=1S/C25H36N4O3S/c1-18-21(16-19-6-8-20(9-7-19)25(2,3)4)23(31)28(5)24(27-18)33-17-22(30)26-10-11-29-12-14-32-15-13-29/h6-9H,10-17H2,1-5H3,(H,26,30). The number of hydrogen-bond donors (Lipinski definition) is 1. The van der Waals surface area contributed by atoms with Crippen molar-refractivity contribution in [2.24, 2.45) is 7.05 Å². The minimum atomic E-state index is -0.0578. The zero-order valence-electron chi connectivity index (χ0n) is 20.4. The van der Waals surface area contributed by atoms with E-state index in [1.165, 1.54) is 17.3 Å². The van der Waals surface area contributed by atoms with Crippen molar-refractivity contribution < 1.29 is 9.53 Å². The van der Waals surface area contributed by atoms with Crippen LogP contribution in [0.5, 0.6) is 0 Å². The van der Waals surface area contributed by atoms with E-state index in [0.717, 1.165) is 38.4 Å². The maximum atomic E-state index is 13.0. The number of hydrogen-bond acceptors (Lipinski definition) is 6. The molecule has 0 bridgehead atoms. The van der Waals surface area contributed by atoms with Gasteiger partial charge in [-0.3, -0.25) is 19.1 Å². The van der Waals surface area contributed by atoms with Gasteiger partial charge in [-0.05, 0) is 23.5 Å². The molecule has 1 amide bonds. The maximum absolute atomic E-state index is 13.0. The van der Waals surface area contributed by atoms with Crippen molar-refractivity contribution in [3.05, 3.63) is 57.0 Å². The summed E-state index contributed by atoms with van der Waals surface area (Å²) in [6.07, 6.45) is 0.545. The highest BCUT2D eigenvalue weighted by atomic mass is 32.2. The molecule has 1 fully saturated rings. The highest BCUT2D eigenvalue weighted by Crippen LogP contribution is 2.23. The summed E-state index contributed by atoms with van der Waals surface area (Å²) in [7, 11) is 1.72. The predicted octanol–water partition coefficient (Wildman–Crippen LogP) is 2.52. The lowest BCUT2D eigenvalue weighted by Crippen LogP contribution is -2.41. The Bertz CT molecular complexity index is 1010. The molecule has 180 valence electrons. The normalized spacial score (nSPS) is 14.9. The average Bonchev–Trinajstić information content (AvgIpc) is 2.78. The van der Waals surface area contributed by atoms with E-state index in [4.69, 9.17) is 4.74 Å². The number of ether oxygens (including phenoxy) is 1. The summed E-state index contributed by atoms with van der Waals surface area (Å²) in [5, 5.41) is 3.51. The molecule has 1 aromatic carbocycles. The Morgan fingerprint density at radius 3 is 2.48 bits per heavy atom. The Morgan fingerprint density at radius 2 is 1.85 bits per heavy atom. The SMILES string of the molecule is Cc1nc(SCC(=O)NCCN2CCOCC2)n(C)c(=O)c1Cc1ccc(C(C)(C)C)cc1. The van der Waals surface area contributed by atoms with Crippen LogP contribution in [0.1, 0.15) is 43.2 Å². The molecule has 0 radical (unpaired) electrons. The zero-order valence-corrected chi connectivity index (χ0v) is 21.3. The molecule has 7 nitrogen and oxygen atoms in total. The lowest BCUT2D eigenvalue weighted by Gasteiger charge is -2.26. The highest BCUT2D eigenvalue weighted by molar-refractivity contribution is 7.99. The molecule has 0 spiro atoms. The number of carbonyl (C=O) groups excluding carboxylic acids is 1. The summed E-state index contributed by atoms with van der Waals surface area (Å²) >= 11 is 1.30. The van der Waals surface area contributed by atoms with Crippen molar-refractivity contribution in [1.29, 1.82) is 0 Å². The minimum absolute atomic E-state index is 0.0526. The van der Waals surface area contributed by atoms with Gasteiger partial charge in [-0.1, -0.05) is 56.8 Å². The first-order valence-electron chi connectivity index (χ1n) is 11.5. The molecule has 8 heteroatoms. The van der Waals surface area contributed by atoms with E-state index in [2.05, 4.69) is 60.2 Å². The summed E-state index contributed by atoms with van der Waals surface area (Å²) in [4.78, 5) is 32.2. The van der Waals surface area contributed by atoms with Crippen LogP contribution in [-0.2, 0) is 28.4 Å². The van der Waals surface area contributed by atoms with E-state index >= 15 is 0 Å². The number of aromatic nitrogens is 2. The number of rotatable bonds is 8. The van der Waals surface area contributed by atoms with Gasteiger partial charge in [-0.2, -0.15) is 0 Å². The molecule has 1 aliphatic heterocycles. The van der Waals surface area contributed by atoms with Crippen LogP contribution in [0.4, 0.5) is 0 Å². The molecule has 2 aromatic rings. The molecule has 0 atom stereocenters. The molecule has 0 saturated carbocycles. The number of amides is 1. The van der Waals surface area contributed by atoms with E-state index < -0.39 is 0 Å². The smallest absolute Gasteiger partial charge is 0.257 e. The fraction of sp³-hybridized carbons (Fsp3) is 0.560. The van der Waals surface area contributed by atoms with Gasteiger partial charge in [-0.25, -0.2) is 4.98 Å². The monoisotopic (exact) mass is 472 g/mol. The molecule has 1 N–H and O–H groups in total. The third-order valence-corrected chi connectivity index (χ3v) is 6.97. The first-order valence-corrected chi connectivity index (χ1v) is 12.5. The van der Waals surface area contributed by atoms with Gasteiger partial charge >= 0.3 is 0 Å². The van der Waals surface area contributed by atoms with Crippen molar-refractivity contribution >= 4 is 17.7 Å². The number of carbonyl (C=O) groups is 1. The van der Waals surface area contributed by atoms with Crippen molar-refractivity contribution in [3.63, 3.8) is 0 Å². The maximum Gasteiger partial charge on any atom is 0.257 e. The van der Waals surface area contributed by atoms with Crippen molar-refractivity contribution in [1.82, 2.24) is 19.8 Å². The van der Waals surface area contributed by atoms with Crippen LogP contribution in [-0.4, -0.2) is 65.5 Å². The Hall–Kier alpha value is -2.16. The molecular weight excluding hydrogens is 436 g/mol. The van der Waals surface area contributed by atoms with E-state index in [1.54, 1.807) is 11.6 Å². The minimum Gasteiger partial charge on any atom is -0.379 e. The quantitative estimate of drug-likeness (QED) is 0.470. The first-order chi connectivity index (χ1) is 15.6. The molecule has 0 aliphatic carbocycles.